The first-order valence-corrected chi connectivity index (χ1v) is 9.09. The van der Waals surface area contributed by atoms with Crippen LogP contribution in [0.3, 0.4) is 0 Å². The first-order chi connectivity index (χ1) is 12.3. The van der Waals surface area contributed by atoms with Gasteiger partial charge in [-0.2, -0.15) is 0 Å². The molecule has 0 aliphatic carbocycles. The number of tetrazole rings is 1. The topological polar surface area (TPSA) is 75.9 Å². The largest absolute Gasteiger partial charge is 0.354 e. The third-order valence-corrected chi connectivity index (χ3v) is 4.72. The first kappa shape index (κ1) is 17.5. The SMILES string of the molecule is O=C(CCn1cnnn1)NCC(c1ccccc1)N1CCCCCC1. The zero-order valence-electron chi connectivity index (χ0n) is 14.5. The van der Waals surface area contributed by atoms with Gasteiger partial charge in [-0.15, -0.1) is 5.10 Å². The molecule has 0 saturated carbocycles. The molecule has 0 bridgehead atoms. The van der Waals surface area contributed by atoms with Crippen molar-refractivity contribution in [3.05, 3.63) is 42.2 Å². The highest BCUT2D eigenvalue weighted by atomic mass is 16.1. The van der Waals surface area contributed by atoms with Crippen molar-refractivity contribution >= 4 is 5.91 Å². The number of aromatic nitrogens is 4. The van der Waals surface area contributed by atoms with Crippen molar-refractivity contribution in [1.82, 2.24) is 30.4 Å². The van der Waals surface area contributed by atoms with Gasteiger partial charge in [0.25, 0.3) is 0 Å². The van der Waals surface area contributed by atoms with Gasteiger partial charge in [0.1, 0.15) is 6.33 Å². The molecule has 25 heavy (non-hydrogen) atoms. The number of carbonyl (C=O) groups is 1. The highest BCUT2D eigenvalue weighted by molar-refractivity contribution is 5.75. The molecule has 7 nitrogen and oxygen atoms in total. The van der Waals surface area contributed by atoms with E-state index >= 15 is 0 Å². The molecule has 1 unspecified atom stereocenters. The summed E-state index contributed by atoms with van der Waals surface area (Å²) in [5, 5.41) is 14.0. The second kappa shape index (κ2) is 9.27. The number of likely N-dealkylation sites (tertiary alicyclic amines) is 1. The normalized spacial score (nSPS) is 17.0. The molecule has 1 saturated heterocycles. The Morgan fingerprint density at radius 1 is 1.12 bits per heavy atom. The van der Waals surface area contributed by atoms with E-state index in [0.29, 0.717) is 19.5 Å². The summed E-state index contributed by atoms with van der Waals surface area (Å²) < 4.78 is 1.57. The zero-order chi connectivity index (χ0) is 17.3. The maximum atomic E-state index is 12.2. The van der Waals surface area contributed by atoms with Gasteiger partial charge in [-0.1, -0.05) is 43.2 Å². The third kappa shape index (κ3) is 5.35. The van der Waals surface area contributed by atoms with Gasteiger partial charge in [-0.3, -0.25) is 9.69 Å². The van der Waals surface area contributed by atoms with Crippen molar-refractivity contribution in [2.24, 2.45) is 0 Å². The predicted molar refractivity (Wildman–Crippen MR) is 94.7 cm³/mol. The summed E-state index contributed by atoms with van der Waals surface area (Å²) in [7, 11) is 0. The molecule has 1 aromatic carbocycles. The van der Waals surface area contributed by atoms with Crippen LogP contribution >= 0.6 is 0 Å². The average Bonchev–Trinajstić information content (AvgIpc) is 3.03. The van der Waals surface area contributed by atoms with Gasteiger partial charge in [-0.25, -0.2) is 4.68 Å². The Balaban J connectivity index is 1.58. The Morgan fingerprint density at radius 2 is 1.88 bits per heavy atom. The molecule has 1 amide bonds. The summed E-state index contributed by atoms with van der Waals surface area (Å²) in [6.45, 7) is 3.33. The minimum atomic E-state index is 0.0336. The molecule has 1 N–H and O–H groups in total. The molecule has 1 aromatic heterocycles. The van der Waals surface area contributed by atoms with Crippen LogP contribution in [0, 0.1) is 0 Å². The van der Waals surface area contributed by atoms with E-state index < -0.39 is 0 Å². The monoisotopic (exact) mass is 342 g/mol. The van der Waals surface area contributed by atoms with E-state index in [2.05, 4.69) is 50.0 Å². The van der Waals surface area contributed by atoms with E-state index in [1.54, 1.807) is 4.68 Å². The molecule has 0 radical (unpaired) electrons. The Bertz CT molecular complexity index is 622. The molecule has 134 valence electrons. The summed E-state index contributed by atoms with van der Waals surface area (Å²) in [6.07, 6.45) is 6.98. The molecule has 3 rings (SSSR count). The molecule has 0 spiro atoms. The van der Waals surface area contributed by atoms with E-state index in [0.717, 1.165) is 13.1 Å². The number of nitrogens with one attached hydrogen (secondary N) is 1. The van der Waals surface area contributed by atoms with Crippen LogP contribution in [0.25, 0.3) is 0 Å². The lowest BCUT2D eigenvalue weighted by Crippen LogP contribution is -2.38. The highest BCUT2D eigenvalue weighted by Gasteiger charge is 2.21. The first-order valence-electron chi connectivity index (χ1n) is 9.09. The van der Waals surface area contributed by atoms with E-state index in [-0.39, 0.29) is 11.9 Å². The maximum Gasteiger partial charge on any atom is 0.221 e. The summed E-state index contributed by atoms with van der Waals surface area (Å²) in [5.41, 5.74) is 1.27. The van der Waals surface area contributed by atoms with Crippen molar-refractivity contribution in [2.45, 2.75) is 44.7 Å². The van der Waals surface area contributed by atoms with E-state index in [1.807, 2.05) is 6.07 Å². The summed E-state index contributed by atoms with van der Waals surface area (Å²) in [5.74, 6) is 0.0336. The number of amides is 1. The molecule has 1 aliphatic heterocycles. The Hall–Kier alpha value is -2.28. The number of rotatable bonds is 7. The number of nitrogens with zero attached hydrogens (tertiary/aromatic N) is 5. The fourth-order valence-corrected chi connectivity index (χ4v) is 3.34. The number of benzene rings is 1. The average molecular weight is 342 g/mol. The minimum Gasteiger partial charge on any atom is -0.354 e. The van der Waals surface area contributed by atoms with Crippen molar-refractivity contribution in [3.8, 4) is 0 Å². The smallest absolute Gasteiger partial charge is 0.221 e. The van der Waals surface area contributed by atoms with Crippen LogP contribution in [-0.2, 0) is 11.3 Å². The molecular weight excluding hydrogens is 316 g/mol. The molecule has 2 aromatic rings. The van der Waals surface area contributed by atoms with Crippen LogP contribution < -0.4 is 5.32 Å². The predicted octanol–water partition coefficient (Wildman–Crippen LogP) is 1.80. The maximum absolute atomic E-state index is 12.2. The quantitative estimate of drug-likeness (QED) is 0.830. The van der Waals surface area contributed by atoms with Crippen molar-refractivity contribution in [2.75, 3.05) is 19.6 Å². The van der Waals surface area contributed by atoms with E-state index in [4.69, 9.17) is 0 Å². The van der Waals surface area contributed by atoms with Gasteiger partial charge in [0, 0.05) is 13.0 Å². The van der Waals surface area contributed by atoms with Crippen molar-refractivity contribution in [1.29, 1.82) is 0 Å². The fraction of sp³-hybridized carbons (Fsp3) is 0.556. The van der Waals surface area contributed by atoms with Gasteiger partial charge in [-0.05, 0) is 41.9 Å². The highest BCUT2D eigenvalue weighted by Crippen LogP contribution is 2.23. The van der Waals surface area contributed by atoms with E-state index in [1.165, 1.54) is 37.6 Å². The van der Waals surface area contributed by atoms with E-state index in [9.17, 15) is 4.79 Å². The Labute approximate surface area is 148 Å². The van der Waals surface area contributed by atoms with Crippen molar-refractivity contribution in [3.63, 3.8) is 0 Å². The van der Waals surface area contributed by atoms with Gasteiger partial charge < -0.3 is 5.32 Å². The summed E-state index contributed by atoms with van der Waals surface area (Å²) >= 11 is 0. The van der Waals surface area contributed by atoms with Crippen LogP contribution in [0.15, 0.2) is 36.7 Å². The molecular formula is C18H26N6O. The van der Waals surface area contributed by atoms with Crippen LogP contribution in [0.4, 0.5) is 0 Å². The molecule has 2 heterocycles. The van der Waals surface area contributed by atoms with Crippen LogP contribution in [-0.4, -0.2) is 50.6 Å². The molecule has 1 aliphatic rings. The Kier molecular flexibility index (Phi) is 6.50. The molecule has 7 heteroatoms. The zero-order valence-corrected chi connectivity index (χ0v) is 14.5. The lowest BCUT2D eigenvalue weighted by molar-refractivity contribution is -0.121. The number of aryl methyl sites for hydroxylation is 1. The summed E-state index contributed by atoms with van der Waals surface area (Å²) in [6, 6.07) is 10.7. The van der Waals surface area contributed by atoms with Crippen LogP contribution in [0.1, 0.15) is 43.7 Å². The standard InChI is InChI=1S/C18H26N6O/c25-18(10-13-24-15-20-21-22-24)19-14-17(16-8-4-3-5-9-16)23-11-6-1-2-7-12-23/h3-5,8-9,15,17H,1-2,6-7,10-14H2,(H,19,25). The van der Waals surface area contributed by atoms with Crippen LogP contribution in [0.5, 0.6) is 0 Å². The second-order valence-electron chi connectivity index (χ2n) is 6.50. The van der Waals surface area contributed by atoms with Crippen molar-refractivity contribution < 1.29 is 4.79 Å². The molecule has 1 fully saturated rings. The van der Waals surface area contributed by atoms with Gasteiger partial charge >= 0.3 is 0 Å². The number of hydrogen-bond donors (Lipinski definition) is 1. The van der Waals surface area contributed by atoms with Gasteiger partial charge in [0.05, 0.1) is 12.6 Å². The lowest BCUT2D eigenvalue weighted by atomic mass is 10.0. The lowest BCUT2D eigenvalue weighted by Gasteiger charge is -2.31. The van der Waals surface area contributed by atoms with Crippen LogP contribution in [0.2, 0.25) is 0 Å². The number of carbonyl (C=O) groups excluding carboxylic acids is 1. The second-order valence-corrected chi connectivity index (χ2v) is 6.50. The fourth-order valence-electron chi connectivity index (χ4n) is 3.34. The van der Waals surface area contributed by atoms with Gasteiger partial charge in [0.2, 0.25) is 5.91 Å². The Morgan fingerprint density at radius 3 is 2.56 bits per heavy atom. The molecule has 1 atom stereocenters. The van der Waals surface area contributed by atoms with Gasteiger partial charge in [0.15, 0.2) is 0 Å². The third-order valence-electron chi connectivity index (χ3n) is 4.72. The summed E-state index contributed by atoms with van der Waals surface area (Å²) in [4.78, 5) is 14.7. The number of hydrogen-bond acceptors (Lipinski definition) is 5. The minimum absolute atomic E-state index is 0.0336.